The molecule has 0 N–H and O–H groups in total. The first-order valence-corrected chi connectivity index (χ1v) is 10.4. The number of benzene rings is 1. The Balaban J connectivity index is 1.46. The third-order valence-electron chi connectivity index (χ3n) is 5.08. The summed E-state index contributed by atoms with van der Waals surface area (Å²) in [6, 6.07) is 12.5. The van der Waals surface area contributed by atoms with Gasteiger partial charge in [-0.05, 0) is 25.1 Å². The number of hydrogen-bond donors (Lipinski definition) is 0. The molecule has 1 saturated heterocycles. The zero-order valence-corrected chi connectivity index (χ0v) is 17.8. The van der Waals surface area contributed by atoms with E-state index in [9.17, 15) is 9.59 Å². The molecule has 4 rings (SSSR count). The van der Waals surface area contributed by atoms with Crippen molar-refractivity contribution in [2.45, 2.75) is 6.92 Å². The summed E-state index contributed by atoms with van der Waals surface area (Å²) in [6.07, 6.45) is 3.17. The molecule has 3 heterocycles. The Morgan fingerprint density at radius 2 is 1.87 bits per heavy atom. The molecule has 0 bridgehead atoms. The lowest BCUT2D eigenvalue weighted by Gasteiger charge is -2.36. The summed E-state index contributed by atoms with van der Waals surface area (Å²) in [6.45, 7) is 4.46. The van der Waals surface area contributed by atoms with Crippen LogP contribution in [0.1, 0.15) is 17.3 Å². The number of ether oxygens (including phenoxy) is 1. The van der Waals surface area contributed by atoms with Gasteiger partial charge in [0.15, 0.2) is 0 Å². The molecular weight excluding hydrogens is 418 g/mol. The molecule has 0 atom stereocenters. The van der Waals surface area contributed by atoms with E-state index in [2.05, 4.69) is 10.1 Å². The summed E-state index contributed by atoms with van der Waals surface area (Å²) in [5.41, 5.74) is 1.40. The Labute approximate surface area is 184 Å². The van der Waals surface area contributed by atoms with Crippen molar-refractivity contribution in [3.8, 4) is 11.6 Å². The lowest BCUT2D eigenvalue weighted by atomic mass is 10.2. The second-order valence-electron chi connectivity index (χ2n) is 6.99. The fourth-order valence-corrected chi connectivity index (χ4v) is 3.75. The SMILES string of the molecule is CCOc1cc(C(=O)N2CCN(c3cnn(-c4ccccc4)c(=O)c3Cl)CC2)ccn1. The average Bonchev–Trinajstić information content (AvgIpc) is 2.81. The monoisotopic (exact) mass is 439 g/mol. The van der Waals surface area contributed by atoms with Gasteiger partial charge in [-0.2, -0.15) is 9.78 Å². The van der Waals surface area contributed by atoms with Crippen LogP contribution < -0.4 is 15.2 Å². The van der Waals surface area contributed by atoms with E-state index < -0.39 is 0 Å². The van der Waals surface area contributed by atoms with E-state index in [0.29, 0.717) is 55.6 Å². The number of hydrogen-bond acceptors (Lipinski definition) is 6. The van der Waals surface area contributed by atoms with Crippen molar-refractivity contribution >= 4 is 23.2 Å². The summed E-state index contributed by atoms with van der Waals surface area (Å²) in [4.78, 5) is 33.4. The molecule has 9 heteroatoms. The number of rotatable bonds is 5. The molecule has 1 aliphatic rings. The van der Waals surface area contributed by atoms with Crippen LogP contribution in [0.2, 0.25) is 5.02 Å². The van der Waals surface area contributed by atoms with E-state index in [1.165, 1.54) is 4.68 Å². The summed E-state index contributed by atoms with van der Waals surface area (Å²) >= 11 is 6.41. The topological polar surface area (TPSA) is 80.6 Å². The van der Waals surface area contributed by atoms with Gasteiger partial charge in [0.05, 0.1) is 24.2 Å². The van der Waals surface area contributed by atoms with Crippen LogP contribution in [0.15, 0.2) is 59.7 Å². The van der Waals surface area contributed by atoms with Crippen LogP contribution in [0.5, 0.6) is 5.88 Å². The van der Waals surface area contributed by atoms with E-state index >= 15 is 0 Å². The van der Waals surface area contributed by atoms with Gasteiger partial charge in [0.2, 0.25) is 5.88 Å². The molecule has 2 aromatic heterocycles. The third-order valence-corrected chi connectivity index (χ3v) is 5.44. The Morgan fingerprint density at radius 1 is 1.13 bits per heavy atom. The maximum atomic E-state index is 12.9. The van der Waals surface area contributed by atoms with Crippen molar-refractivity contribution in [3.63, 3.8) is 0 Å². The third kappa shape index (κ3) is 4.39. The lowest BCUT2D eigenvalue weighted by Crippen LogP contribution is -2.49. The molecule has 0 aliphatic carbocycles. The number of aromatic nitrogens is 3. The van der Waals surface area contributed by atoms with E-state index in [1.807, 2.05) is 30.0 Å². The van der Waals surface area contributed by atoms with Crippen molar-refractivity contribution in [2.24, 2.45) is 0 Å². The van der Waals surface area contributed by atoms with Crippen LogP contribution in [0.3, 0.4) is 0 Å². The molecular formula is C22H22ClN5O3. The van der Waals surface area contributed by atoms with Gasteiger partial charge in [-0.3, -0.25) is 9.59 Å². The summed E-state index contributed by atoms with van der Waals surface area (Å²) in [7, 11) is 0. The van der Waals surface area contributed by atoms with Crippen LogP contribution in [0.4, 0.5) is 5.69 Å². The predicted molar refractivity (Wildman–Crippen MR) is 118 cm³/mol. The standard InChI is InChI=1S/C22H22ClN5O3/c1-2-31-19-14-16(8-9-24-19)21(29)27-12-10-26(11-13-27)18-15-25-28(22(30)20(18)23)17-6-4-3-5-7-17/h3-9,14-15H,2,10-13H2,1H3. The minimum absolute atomic E-state index is 0.0771. The molecule has 1 aliphatic heterocycles. The molecule has 1 fully saturated rings. The smallest absolute Gasteiger partial charge is 0.292 e. The maximum Gasteiger partial charge on any atom is 0.292 e. The molecule has 160 valence electrons. The number of carbonyl (C=O) groups excluding carboxylic acids is 1. The second kappa shape index (κ2) is 9.18. The van der Waals surface area contributed by atoms with Gasteiger partial charge in [-0.15, -0.1) is 0 Å². The second-order valence-corrected chi connectivity index (χ2v) is 7.37. The summed E-state index contributed by atoms with van der Waals surface area (Å²) < 4.78 is 6.66. The number of nitrogens with zero attached hydrogens (tertiary/aromatic N) is 5. The summed E-state index contributed by atoms with van der Waals surface area (Å²) in [5, 5.41) is 4.41. The van der Waals surface area contributed by atoms with Crippen molar-refractivity contribution in [1.29, 1.82) is 0 Å². The number of anilines is 1. The van der Waals surface area contributed by atoms with Crippen LogP contribution in [0, 0.1) is 0 Å². The highest BCUT2D eigenvalue weighted by molar-refractivity contribution is 6.33. The normalized spacial score (nSPS) is 13.9. The fraction of sp³-hybridized carbons (Fsp3) is 0.273. The number of piperazine rings is 1. The first-order valence-electron chi connectivity index (χ1n) is 10.0. The van der Waals surface area contributed by atoms with Gasteiger partial charge in [0.25, 0.3) is 11.5 Å². The average molecular weight is 440 g/mol. The highest BCUT2D eigenvalue weighted by atomic mass is 35.5. The van der Waals surface area contributed by atoms with Crippen molar-refractivity contribution in [1.82, 2.24) is 19.7 Å². The quantitative estimate of drug-likeness (QED) is 0.608. The Kier molecular flexibility index (Phi) is 6.18. The van der Waals surface area contributed by atoms with E-state index in [-0.39, 0.29) is 16.5 Å². The lowest BCUT2D eigenvalue weighted by molar-refractivity contribution is 0.0746. The van der Waals surface area contributed by atoms with E-state index in [4.69, 9.17) is 16.3 Å². The van der Waals surface area contributed by atoms with Gasteiger partial charge in [-0.25, -0.2) is 4.98 Å². The van der Waals surface area contributed by atoms with Gasteiger partial charge in [0.1, 0.15) is 5.02 Å². The molecule has 1 aromatic carbocycles. The molecule has 31 heavy (non-hydrogen) atoms. The number of para-hydroxylation sites is 1. The molecule has 0 saturated carbocycles. The van der Waals surface area contributed by atoms with E-state index in [1.54, 1.807) is 41.6 Å². The van der Waals surface area contributed by atoms with E-state index in [0.717, 1.165) is 0 Å². The molecule has 0 unspecified atom stereocenters. The Hall–Kier alpha value is -3.39. The largest absolute Gasteiger partial charge is 0.478 e. The molecule has 0 radical (unpaired) electrons. The Bertz CT molecular complexity index is 1130. The van der Waals surface area contributed by atoms with Gasteiger partial charge in [-0.1, -0.05) is 29.8 Å². The molecule has 8 nitrogen and oxygen atoms in total. The van der Waals surface area contributed by atoms with Gasteiger partial charge < -0.3 is 14.5 Å². The predicted octanol–water partition coefficient (Wildman–Crippen LogP) is 2.64. The minimum Gasteiger partial charge on any atom is -0.478 e. The number of amides is 1. The van der Waals surface area contributed by atoms with Gasteiger partial charge in [0, 0.05) is 44.0 Å². The molecule has 3 aromatic rings. The number of pyridine rings is 1. The highest BCUT2D eigenvalue weighted by Crippen LogP contribution is 2.23. The van der Waals surface area contributed by atoms with Crippen LogP contribution >= 0.6 is 11.6 Å². The Morgan fingerprint density at radius 3 is 2.58 bits per heavy atom. The first kappa shape index (κ1) is 20.9. The fourth-order valence-electron chi connectivity index (χ4n) is 3.50. The van der Waals surface area contributed by atoms with Gasteiger partial charge >= 0.3 is 0 Å². The highest BCUT2D eigenvalue weighted by Gasteiger charge is 2.25. The number of carbonyl (C=O) groups is 1. The van der Waals surface area contributed by atoms with Crippen LogP contribution in [-0.4, -0.2) is 58.4 Å². The molecule has 1 amide bonds. The van der Waals surface area contributed by atoms with Crippen LogP contribution in [0.25, 0.3) is 5.69 Å². The summed E-state index contributed by atoms with van der Waals surface area (Å²) in [5.74, 6) is 0.357. The first-order chi connectivity index (χ1) is 15.1. The van der Waals surface area contributed by atoms with Crippen molar-refractivity contribution in [3.05, 3.63) is 75.8 Å². The number of halogens is 1. The minimum atomic E-state index is -0.371. The van der Waals surface area contributed by atoms with Crippen molar-refractivity contribution < 1.29 is 9.53 Å². The maximum absolute atomic E-state index is 12.9. The zero-order chi connectivity index (χ0) is 21.8. The zero-order valence-electron chi connectivity index (χ0n) is 17.1. The van der Waals surface area contributed by atoms with Crippen LogP contribution in [-0.2, 0) is 0 Å². The van der Waals surface area contributed by atoms with Crippen molar-refractivity contribution in [2.75, 3.05) is 37.7 Å². The molecule has 0 spiro atoms.